The van der Waals surface area contributed by atoms with Crippen LogP contribution in [0.4, 0.5) is 13.2 Å². The molecule has 0 aromatic heterocycles. The number of rotatable bonds is 7. The number of carbonyl (C=O) groups is 1. The third kappa shape index (κ3) is 5.50. The van der Waals surface area contributed by atoms with Crippen LogP contribution in [0.1, 0.15) is 27.7 Å². The van der Waals surface area contributed by atoms with E-state index in [-0.39, 0.29) is 13.2 Å². The summed E-state index contributed by atoms with van der Waals surface area (Å²) in [6.07, 6.45) is -5.05. The Morgan fingerprint density at radius 2 is 1.63 bits per heavy atom. The van der Waals surface area contributed by atoms with Gasteiger partial charge in [-0.15, -0.1) is 0 Å². The Morgan fingerprint density at radius 3 is 1.89 bits per heavy atom. The van der Waals surface area contributed by atoms with Crippen molar-refractivity contribution >= 4 is 13.5 Å². The molecular weight excluding hydrogens is 286 g/mol. The van der Waals surface area contributed by atoms with Crippen LogP contribution in [0.25, 0.3) is 0 Å². The van der Waals surface area contributed by atoms with E-state index in [4.69, 9.17) is 9.05 Å². The highest BCUT2D eigenvalue weighted by Gasteiger charge is 2.45. The summed E-state index contributed by atoms with van der Waals surface area (Å²) in [5, 5.41) is 1.69. The van der Waals surface area contributed by atoms with Crippen LogP contribution in [0, 0.1) is 5.92 Å². The predicted molar refractivity (Wildman–Crippen MR) is 63.7 cm³/mol. The van der Waals surface area contributed by atoms with Gasteiger partial charge in [0, 0.05) is 0 Å². The number of hydrogen-bond acceptors (Lipinski definition) is 4. The minimum atomic E-state index is -5.05. The average Bonchev–Trinajstić information content (AvgIpc) is 2.24. The molecule has 1 atom stereocenters. The van der Waals surface area contributed by atoms with Gasteiger partial charge in [0.25, 0.3) is 0 Å². The largest absolute Gasteiger partial charge is 0.471 e. The van der Waals surface area contributed by atoms with Crippen LogP contribution in [0.3, 0.4) is 0 Å². The summed E-state index contributed by atoms with van der Waals surface area (Å²) in [5.74, 6) is -4.05. The van der Waals surface area contributed by atoms with Gasteiger partial charge in [-0.25, -0.2) is 0 Å². The summed E-state index contributed by atoms with van der Waals surface area (Å²) in [7, 11) is -3.84. The highest BCUT2D eigenvalue weighted by atomic mass is 31.2. The molecule has 0 aliphatic heterocycles. The molecule has 0 radical (unpaired) electrons. The lowest BCUT2D eigenvalue weighted by Gasteiger charge is -2.29. The van der Waals surface area contributed by atoms with Crippen LogP contribution in [0.15, 0.2) is 0 Å². The highest BCUT2D eigenvalue weighted by molar-refractivity contribution is 7.54. The van der Waals surface area contributed by atoms with Crippen LogP contribution in [0.5, 0.6) is 0 Å². The molecule has 0 heterocycles. The average molecular weight is 305 g/mol. The first kappa shape index (κ1) is 18.4. The summed E-state index contributed by atoms with van der Waals surface area (Å²) < 4.78 is 59.1. The van der Waals surface area contributed by atoms with Gasteiger partial charge >= 0.3 is 19.7 Å². The molecule has 5 nitrogen and oxygen atoms in total. The molecule has 0 bridgehead atoms. The lowest BCUT2D eigenvalue weighted by Crippen LogP contribution is -2.45. The molecular formula is C10H19F3NO4P. The molecule has 9 heteroatoms. The fourth-order valence-corrected chi connectivity index (χ4v) is 3.51. The van der Waals surface area contributed by atoms with Gasteiger partial charge in [0.15, 0.2) is 0 Å². The number of carbonyl (C=O) groups excluding carboxylic acids is 1. The van der Waals surface area contributed by atoms with E-state index in [2.05, 4.69) is 0 Å². The molecule has 1 N–H and O–H groups in total. The minimum Gasteiger partial charge on any atom is -0.334 e. The van der Waals surface area contributed by atoms with Crippen LogP contribution in [-0.4, -0.2) is 31.1 Å². The van der Waals surface area contributed by atoms with Gasteiger partial charge in [-0.3, -0.25) is 9.36 Å². The lowest BCUT2D eigenvalue weighted by atomic mass is 10.2. The van der Waals surface area contributed by atoms with Crippen LogP contribution in [0.2, 0.25) is 0 Å². The standard InChI is InChI=1S/C10H19F3NO4P/c1-5-17-19(16,18-6-2)8(7(3)4)14-9(15)10(11,12)13/h7-8H,5-6H2,1-4H3,(H,14,15). The van der Waals surface area contributed by atoms with Gasteiger partial charge in [-0.2, -0.15) is 13.2 Å². The summed E-state index contributed by atoms with van der Waals surface area (Å²) >= 11 is 0. The Morgan fingerprint density at radius 1 is 1.21 bits per heavy atom. The number of halogens is 3. The van der Waals surface area contributed by atoms with E-state index in [1.54, 1.807) is 5.32 Å². The zero-order chi connectivity index (χ0) is 15.3. The Labute approximate surface area is 110 Å². The van der Waals surface area contributed by atoms with Crippen LogP contribution < -0.4 is 5.32 Å². The van der Waals surface area contributed by atoms with E-state index in [0.29, 0.717) is 0 Å². The number of hydrogen-bond donors (Lipinski definition) is 1. The van der Waals surface area contributed by atoms with E-state index in [1.165, 1.54) is 27.7 Å². The van der Waals surface area contributed by atoms with Crippen molar-refractivity contribution in [2.24, 2.45) is 5.92 Å². The Kier molecular flexibility index (Phi) is 7.04. The molecule has 19 heavy (non-hydrogen) atoms. The third-order valence-corrected chi connectivity index (χ3v) is 4.77. The molecule has 0 aliphatic rings. The number of amides is 1. The topological polar surface area (TPSA) is 64.6 Å². The van der Waals surface area contributed by atoms with Crippen LogP contribution >= 0.6 is 7.60 Å². The molecule has 0 aliphatic carbocycles. The van der Waals surface area contributed by atoms with E-state index >= 15 is 0 Å². The molecule has 0 aromatic rings. The molecule has 0 spiro atoms. The molecule has 0 saturated carbocycles. The SMILES string of the molecule is CCOP(=O)(OCC)C(NC(=O)C(F)(F)F)C(C)C. The maximum Gasteiger partial charge on any atom is 0.471 e. The monoisotopic (exact) mass is 305 g/mol. The minimum absolute atomic E-state index is 0.00237. The van der Waals surface area contributed by atoms with E-state index in [9.17, 15) is 22.5 Å². The van der Waals surface area contributed by atoms with Crippen molar-refractivity contribution in [1.82, 2.24) is 5.32 Å². The maximum absolute atomic E-state index is 12.4. The van der Waals surface area contributed by atoms with Crippen molar-refractivity contribution in [1.29, 1.82) is 0 Å². The first-order valence-electron chi connectivity index (χ1n) is 5.85. The first-order chi connectivity index (χ1) is 8.58. The lowest BCUT2D eigenvalue weighted by molar-refractivity contribution is -0.174. The second-order valence-electron chi connectivity index (χ2n) is 4.04. The van der Waals surface area contributed by atoms with E-state index in [1.807, 2.05) is 0 Å². The van der Waals surface area contributed by atoms with E-state index in [0.717, 1.165) is 0 Å². The van der Waals surface area contributed by atoms with Crippen LogP contribution in [-0.2, 0) is 18.4 Å². The van der Waals surface area contributed by atoms with Crippen molar-refractivity contribution in [2.75, 3.05) is 13.2 Å². The molecule has 0 fully saturated rings. The second kappa shape index (κ2) is 7.26. The normalized spacial score (nSPS) is 14.5. The third-order valence-electron chi connectivity index (χ3n) is 2.13. The fourth-order valence-electron chi connectivity index (χ4n) is 1.38. The smallest absolute Gasteiger partial charge is 0.334 e. The highest BCUT2D eigenvalue weighted by Crippen LogP contribution is 2.54. The maximum atomic E-state index is 12.4. The predicted octanol–water partition coefficient (Wildman–Crippen LogP) is 2.91. The summed E-state index contributed by atoms with van der Waals surface area (Å²) in [6.45, 7) is 6.12. The Balaban J connectivity index is 5.18. The Bertz CT molecular complexity index is 336. The molecule has 0 aromatic carbocycles. The van der Waals surface area contributed by atoms with Gasteiger partial charge in [0.1, 0.15) is 5.78 Å². The molecule has 1 amide bonds. The van der Waals surface area contributed by atoms with Crippen molar-refractivity contribution < 1.29 is 31.6 Å². The van der Waals surface area contributed by atoms with Crippen molar-refractivity contribution in [3.8, 4) is 0 Å². The first-order valence-corrected chi connectivity index (χ1v) is 7.46. The molecule has 0 saturated heterocycles. The number of alkyl halides is 3. The fraction of sp³-hybridized carbons (Fsp3) is 0.900. The van der Waals surface area contributed by atoms with Gasteiger partial charge < -0.3 is 14.4 Å². The molecule has 114 valence electrons. The van der Waals surface area contributed by atoms with E-state index < -0.39 is 31.4 Å². The zero-order valence-electron chi connectivity index (χ0n) is 11.3. The van der Waals surface area contributed by atoms with Crippen molar-refractivity contribution in [3.63, 3.8) is 0 Å². The quantitative estimate of drug-likeness (QED) is 0.735. The van der Waals surface area contributed by atoms with Crippen molar-refractivity contribution in [2.45, 2.75) is 39.7 Å². The summed E-state index contributed by atoms with van der Waals surface area (Å²) in [6, 6.07) is 0. The van der Waals surface area contributed by atoms with Gasteiger partial charge in [-0.1, -0.05) is 13.8 Å². The second-order valence-corrected chi connectivity index (χ2v) is 6.19. The zero-order valence-corrected chi connectivity index (χ0v) is 12.2. The summed E-state index contributed by atoms with van der Waals surface area (Å²) in [4.78, 5) is 11.0. The van der Waals surface area contributed by atoms with Gasteiger partial charge in [0.05, 0.1) is 13.2 Å². The Hall–Kier alpha value is -0.590. The van der Waals surface area contributed by atoms with Gasteiger partial charge in [-0.05, 0) is 19.8 Å². The molecule has 0 rings (SSSR count). The van der Waals surface area contributed by atoms with Crippen molar-refractivity contribution in [3.05, 3.63) is 0 Å². The van der Waals surface area contributed by atoms with Gasteiger partial charge in [0.2, 0.25) is 0 Å². The summed E-state index contributed by atoms with van der Waals surface area (Å²) in [5.41, 5.74) is 0. The molecule has 1 unspecified atom stereocenters. The number of nitrogens with one attached hydrogen (secondary N) is 1.